The average molecular weight is 592 g/mol. The van der Waals surface area contributed by atoms with E-state index in [1.165, 1.54) is 11.1 Å². The summed E-state index contributed by atoms with van der Waals surface area (Å²) in [6, 6.07) is 25.6. The van der Waals surface area contributed by atoms with Crippen LogP contribution in [0.1, 0.15) is 73.3 Å². The molecule has 1 amide bonds. The predicted octanol–water partition coefficient (Wildman–Crippen LogP) is 6.84. The van der Waals surface area contributed by atoms with Crippen molar-refractivity contribution >= 4 is 35.2 Å². The number of thioether (sulfide) groups is 1. The molecule has 0 saturated carbocycles. The Kier molecular flexibility index (Phi) is 6.95. The highest BCUT2D eigenvalue weighted by molar-refractivity contribution is 7.99. The van der Waals surface area contributed by atoms with E-state index in [2.05, 4.69) is 111 Å². The molecule has 0 aromatic heterocycles. The molecule has 3 fully saturated rings. The standard InChI is InChI=1S/C37H41N3O2S/c1-23(2)26-12-10-25(11-13-26)18-29-19-39(5)21-36(34(29)41)33(28-16-14-27(15-17-28)24(3)4)32-20-43-22-40(32)37(36)30-8-6-7-9-31(30)38-35(37)42/h6-18,23-24,32-33H,19-22H2,1-5H3,(H,38,42)/b29-18+/t32-,33+,36-,37-/m0/s1. The molecule has 3 aromatic rings. The van der Waals surface area contributed by atoms with E-state index in [-0.39, 0.29) is 23.7 Å². The number of carbonyl (C=O) groups is 2. The lowest BCUT2D eigenvalue weighted by atomic mass is 9.55. The molecule has 0 bridgehead atoms. The maximum atomic E-state index is 15.5. The number of likely N-dealkylation sites (N-methyl/N-ethyl adjacent to an activating group) is 1. The SMILES string of the molecule is CC(C)c1ccc(/C=C2\CN(C)C[C@@]3(C2=O)[C@H](c2ccc(C(C)C)cc2)[C@@H]2CSCN2[C@@]32C(=O)Nc3ccccc32)cc1. The van der Waals surface area contributed by atoms with Crippen molar-refractivity contribution in [2.24, 2.45) is 5.41 Å². The number of ketones is 1. The molecule has 4 heterocycles. The van der Waals surface area contributed by atoms with Crippen molar-refractivity contribution in [1.82, 2.24) is 9.80 Å². The quantitative estimate of drug-likeness (QED) is 0.337. The summed E-state index contributed by atoms with van der Waals surface area (Å²) in [7, 11) is 2.10. The lowest BCUT2D eigenvalue weighted by Crippen LogP contribution is -2.65. The number of Topliss-reactive ketones (excluding diaryl/α,β-unsaturated/α-hetero) is 1. The second-order valence-electron chi connectivity index (χ2n) is 13.5. The van der Waals surface area contributed by atoms with E-state index in [0.717, 1.165) is 39.6 Å². The number of hydrogen-bond acceptors (Lipinski definition) is 5. The molecule has 3 saturated heterocycles. The molecule has 3 aromatic carbocycles. The molecule has 6 heteroatoms. The fourth-order valence-electron chi connectivity index (χ4n) is 8.46. The number of nitrogens with one attached hydrogen (secondary N) is 1. The molecule has 5 nitrogen and oxygen atoms in total. The van der Waals surface area contributed by atoms with Gasteiger partial charge in [-0.2, -0.15) is 0 Å². The number of anilines is 1. The predicted molar refractivity (Wildman–Crippen MR) is 176 cm³/mol. The van der Waals surface area contributed by atoms with Gasteiger partial charge in [0.15, 0.2) is 5.78 Å². The van der Waals surface area contributed by atoms with Crippen LogP contribution in [-0.4, -0.2) is 59.3 Å². The van der Waals surface area contributed by atoms with Gasteiger partial charge in [0.2, 0.25) is 0 Å². The Morgan fingerprint density at radius 3 is 2.23 bits per heavy atom. The molecule has 222 valence electrons. The summed E-state index contributed by atoms with van der Waals surface area (Å²) >= 11 is 1.87. The van der Waals surface area contributed by atoms with E-state index in [1.807, 2.05) is 30.0 Å². The molecule has 0 radical (unpaired) electrons. The van der Waals surface area contributed by atoms with Crippen LogP contribution in [0.25, 0.3) is 6.08 Å². The molecule has 2 spiro atoms. The first kappa shape index (κ1) is 28.6. The summed E-state index contributed by atoms with van der Waals surface area (Å²) in [5.74, 6) is 2.39. The number of nitrogens with zero attached hydrogens (tertiary/aromatic N) is 2. The van der Waals surface area contributed by atoms with Crippen molar-refractivity contribution in [3.8, 4) is 0 Å². The molecule has 0 aliphatic carbocycles. The number of fused-ring (bicyclic) bond motifs is 5. The van der Waals surface area contributed by atoms with E-state index in [1.54, 1.807) is 0 Å². The number of benzene rings is 3. The number of amides is 1. The lowest BCUT2D eigenvalue weighted by molar-refractivity contribution is -0.146. The number of para-hydroxylation sites is 1. The van der Waals surface area contributed by atoms with Crippen LogP contribution in [0.3, 0.4) is 0 Å². The molecule has 1 N–H and O–H groups in total. The third kappa shape index (κ3) is 4.06. The fourth-order valence-corrected chi connectivity index (χ4v) is 9.77. The lowest BCUT2D eigenvalue weighted by Gasteiger charge is -2.51. The molecular weight excluding hydrogens is 550 g/mol. The summed E-state index contributed by atoms with van der Waals surface area (Å²) < 4.78 is 0. The zero-order chi connectivity index (χ0) is 30.1. The summed E-state index contributed by atoms with van der Waals surface area (Å²) in [5, 5.41) is 3.25. The van der Waals surface area contributed by atoms with Crippen LogP contribution in [-0.2, 0) is 15.1 Å². The van der Waals surface area contributed by atoms with Crippen LogP contribution in [0.4, 0.5) is 5.69 Å². The average Bonchev–Trinajstić information content (AvgIpc) is 3.64. The molecule has 7 rings (SSSR count). The monoisotopic (exact) mass is 591 g/mol. The third-order valence-electron chi connectivity index (χ3n) is 10.4. The summed E-state index contributed by atoms with van der Waals surface area (Å²) in [5.41, 5.74) is 5.20. The van der Waals surface area contributed by atoms with Crippen LogP contribution in [0.5, 0.6) is 0 Å². The minimum Gasteiger partial charge on any atom is -0.324 e. The first-order chi connectivity index (χ1) is 20.7. The Bertz CT molecular complexity index is 1610. The van der Waals surface area contributed by atoms with Gasteiger partial charge in [-0.25, -0.2) is 0 Å². The zero-order valence-corrected chi connectivity index (χ0v) is 26.6. The van der Waals surface area contributed by atoms with Gasteiger partial charge in [0.05, 0.1) is 5.41 Å². The van der Waals surface area contributed by atoms with Gasteiger partial charge in [0, 0.05) is 53.5 Å². The van der Waals surface area contributed by atoms with Gasteiger partial charge < -0.3 is 10.2 Å². The van der Waals surface area contributed by atoms with Crippen molar-refractivity contribution in [2.45, 2.75) is 57.0 Å². The Hall–Kier alpha value is -3.19. The smallest absolute Gasteiger partial charge is 0.250 e. The van der Waals surface area contributed by atoms with Crippen molar-refractivity contribution in [1.29, 1.82) is 0 Å². The Balaban J connectivity index is 1.47. The fraction of sp³-hybridized carbons (Fsp3) is 0.405. The Morgan fingerprint density at radius 2 is 1.56 bits per heavy atom. The van der Waals surface area contributed by atoms with Crippen molar-refractivity contribution < 1.29 is 9.59 Å². The maximum absolute atomic E-state index is 15.5. The van der Waals surface area contributed by atoms with Crippen molar-refractivity contribution in [3.05, 3.63) is 106 Å². The van der Waals surface area contributed by atoms with Crippen LogP contribution >= 0.6 is 11.8 Å². The van der Waals surface area contributed by atoms with Gasteiger partial charge in [0.1, 0.15) is 5.54 Å². The molecule has 0 unspecified atom stereocenters. The van der Waals surface area contributed by atoms with Gasteiger partial charge in [-0.05, 0) is 53.3 Å². The molecule has 4 aliphatic heterocycles. The highest BCUT2D eigenvalue weighted by Gasteiger charge is 2.78. The van der Waals surface area contributed by atoms with E-state index < -0.39 is 11.0 Å². The van der Waals surface area contributed by atoms with Crippen molar-refractivity contribution in [2.75, 3.05) is 37.1 Å². The maximum Gasteiger partial charge on any atom is 0.250 e. The van der Waals surface area contributed by atoms with E-state index >= 15 is 4.79 Å². The number of rotatable bonds is 4. The molecular formula is C37H41N3O2S. The molecule has 4 atom stereocenters. The van der Waals surface area contributed by atoms with Crippen LogP contribution < -0.4 is 5.32 Å². The van der Waals surface area contributed by atoms with E-state index in [4.69, 9.17) is 0 Å². The largest absolute Gasteiger partial charge is 0.324 e. The summed E-state index contributed by atoms with van der Waals surface area (Å²) in [6.07, 6.45) is 2.08. The zero-order valence-electron chi connectivity index (χ0n) is 25.8. The molecule has 43 heavy (non-hydrogen) atoms. The summed E-state index contributed by atoms with van der Waals surface area (Å²) in [6.45, 7) is 9.88. The number of hydrogen-bond donors (Lipinski definition) is 1. The van der Waals surface area contributed by atoms with E-state index in [9.17, 15) is 4.79 Å². The first-order valence-electron chi connectivity index (χ1n) is 15.6. The number of piperidine rings is 1. The second-order valence-corrected chi connectivity index (χ2v) is 14.5. The van der Waals surface area contributed by atoms with Crippen LogP contribution in [0, 0.1) is 5.41 Å². The van der Waals surface area contributed by atoms with Crippen molar-refractivity contribution in [3.63, 3.8) is 0 Å². The normalized spacial score (nSPS) is 29.8. The van der Waals surface area contributed by atoms with Gasteiger partial charge in [0.25, 0.3) is 5.91 Å². The number of carbonyl (C=O) groups excluding carboxylic acids is 2. The first-order valence-corrected chi connectivity index (χ1v) is 16.7. The van der Waals surface area contributed by atoms with Crippen LogP contribution in [0.2, 0.25) is 0 Å². The van der Waals surface area contributed by atoms with Gasteiger partial charge in [-0.1, -0.05) is 94.4 Å². The van der Waals surface area contributed by atoms with E-state index in [0.29, 0.717) is 24.9 Å². The van der Waals surface area contributed by atoms with Gasteiger partial charge in [-0.15, -0.1) is 11.8 Å². The Labute approximate surface area is 259 Å². The highest BCUT2D eigenvalue weighted by Crippen LogP contribution is 2.68. The van der Waals surface area contributed by atoms with Crippen LogP contribution in [0.15, 0.2) is 78.4 Å². The topological polar surface area (TPSA) is 52.7 Å². The minimum atomic E-state index is -1.09. The summed E-state index contributed by atoms with van der Waals surface area (Å²) in [4.78, 5) is 34.8. The highest BCUT2D eigenvalue weighted by atomic mass is 32.2. The second kappa shape index (κ2) is 10.5. The third-order valence-corrected chi connectivity index (χ3v) is 11.4. The Morgan fingerprint density at radius 1 is 0.907 bits per heavy atom. The molecule has 4 aliphatic rings. The number of likely N-dealkylation sites (tertiary alicyclic amines) is 1. The van der Waals surface area contributed by atoms with Gasteiger partial charge >= 0.3 is 0 Å². The minimum absolute atomic E-state index is 0.0632. The van der Waals surface area contributed by atoms with Gasteiger partial charge in [-0.3, -0.25) is 14.5 Å².